The Morgan fingerprint density at radius 1 is 1.47 bits per heavy atom. The van der Waals surface area contributed by atoms with Crippen LogP contribution in [0.2, 0.25) is 0 Å². The van der Waals surface area contributed by atoms with Gasteiger partial charge in [-0.05, 0) is 31.6 Å². The van der Waals surface area contributed by atoms with Gasteiger partial charge in [0.15, 0.2) is 0 Å². The second-order valence-corrected chi connectivity index (χ2v) is 4.62. The summed E-state index contributed by atoms with van der Waals surface area (Å²) in [4.78, 5) is 15.2. The molecule has 1 heterocycles. The molecule has 1 aromatic rings. The maximum atomic E-state index is 11.2. The molecule has 0 bridgehead atoms. The third-order valence-electron chi connectivity index (χ3n) is 3.64. The summed E-state index contributed by atoms with van der Waals surface area (Å²) >= 11 is 0. The van der Waals surface area contributed by atoms with Crippen molar-refractivity contribution in [3.63, 3.8) is 0 Å². The van der Waals surface area contributed by atoms with Crippen LogP contribution < -0.4 is 0 Å². The fraction of sp³-hybridized carbons (Fsp3) is 0.750. The molecule has 2 rings (SSSR count). The number of methoxy groups -OCH3 is 1. The van der Waals surface area contributed by atoms with Gasteiger partial charge in [0, 0.05) is 0 Å². The summed E-state index contributed by atoms with van der Waals surface area (Å²) in [5.41, 5.74) is 0. The van der Waals surface area contributed by atoms with Crippen molar-refractivity contribution in [1.29, 1.82) is 0 Å². The molecule has 1 fully saturated rings. The van der Waals surface area contributed by atoms with Gasteiger partial charge in [0.2, 0.25) is 0 Å². The predicted molar refractivity (Wildman–Crippen MR) is 62.6 cm³/mol. The van der Waals surface area contributed by atoms with Gasteiger partial charge in [-0.25, -0.2) is 14.5 Å². The van der Waals surface area contributed by atoms with Crippen LogP contribution in [0, 0.1) is 5.92 Å². The first-order valence-corrected chi connectivity index (χ1v) is 6.24. The molecule has 1 aromatic heterocycles. The van der Waals surface area contributed by atoms with Crippen molar-refractivity contribution in [2.75, 3.05) is 7.11 Å². The lowest BCUT2D eigenvalue weighted by molar-refractivity contribution is 0.0586. The molecule has 1 aliphatic rings. The van der Waals surface area contributed by atoms with Crippen LogP contribution in [0.25, 0.3) is 0 Å². The van der Waals surface area contributed by atoms with Gasteiger partial charge in [0.25, 0.3) is 5.82 Å². The molecule has 17 heavy (non-hydrogen) atoms. The number of esters is 1. The van der Waals surface area contributed by atoms with Crippen LogP contribution in [0.5, 0.6) is 0 Å². The maximum absolute atomic E-state index is 11.2. The van der Waals surface area contributed by atoms with Crippen LogP contribution in [-0.2, 0) is 4.74 Å². The van der Waals surface area contributed by atoms with Crippen molar-refractivity contribution in [3.8, 4) is 0 Å². The van der Waals surface area contributed by atoms with E-state index in [2.05, 4.69) is 21.7 Å². The highest BCUT2D eigenvalue weighted by atomic mass is 16.5. The van der Waals surface area contributed by atoms with Crippen LogP contribution in [0.1, 0.15) is 55.7 Å². The first kappa shape index (κ1) is 12.1. The van der Waals surface area contributed by atoms with Crippen LogP contribution in [0.15, 0.2) is 6.33 Å². The highest BCUT2D eigenvalue weighted by Gasteiger charge is 2.23. The summed E-state index contributed by atoms with van der Waals surface area (Å²) in [5, 5.41) is 4.19. The lowest BCUT2D eigenvalue weighted by Crippen LogP contribution is -2.18. The zero-order valence-electron chi connectivity index (χ0n) is 10.4. The van der Waals surface area contributed by atoms with E-state index in [1.165, 1.54) is 26.4 Å². The molecule has 0 aromatic carbocycles. The van der Waals surface area contributed by atoms with E-state index in [4.69, 9.17) is 0 Å². The zero-order chi connectivity index (χ0) is 12.3. The minimum Gasteiger partial charge on any atom is -0.463 e. The first-order valence-electron chi connectivity index (χ1n) is 6.24. The summed E-state index contributed by atoms with van der Waals surface area (Å²) in [7, 11) is 1.34. The molecule has 5 nitrogen and oxygen atoms in total. The lowest BCUT2D eigenvalue weighted by Gasteiger charge is -2.27. The SMILES string of the molecule is CCC1CCC(n2cnc(C(=O)OC)n2)CC1. The number of aromatic nitrogens is 3. The molecular formula is C12H19N3O2. The number of hydrogen-bond donors (Lipinski definition) is 0. The van der Waals surface area contributed by atoms with Gasteiger partial charge < -0.3 is 4.74 Å². The standard InChI is InChI=1S/C12H19N3O2/c1-3-9-4-6-10(7-5-9)15-8-13-11(14-15)12(16)17-2/h8-10H,3-7H2,1-2H3. The Labute approximate surface area is 101 Å². The zero-order valence-corrected chi connectivity index (χ0v) is 10.4. The molecule has 94 valence electrons. The Morgan fingerprint density at radius 3 is 2.76 bits per heavy atom. The van der Waals surface area contributed by atoms with Gasteiger partial charge in [-0.2, -0.15) is 0 Å². The molecule has 0 spiro atoms. The van der Waals surface area contributed by atoms with Crippen LogP contribution in [0.4, 0.5) is 0 Å². The molecule has 0 unspecified atom stereocenters. The quantitative estimate of drug-likeness (QED) is 0.756. The smallest absolute Gasteiger partial charge is 0.377 e. The maximum Gasteiger partial charge on any atom is 0.377 e. The molecule has 0 amide bonds. The second-order valence-electron chi connectivity index (χ2n) is 4.62. The Bertz CT molecular complexity index is 381. The first-order chi connectivity index (χ1) is 8.24. The average molecular weight is 237 g/mol. The van der Waals surface area contributed by atoms with E-state index in [0.717, 1.165) is 18.8 Å². The van der Waals surface area contributed by atoms with Crippen LogP contribution in [0.3, 0.4) is 0 Å². The minimum absolute atomic E-state index is 0.158. The van der Waals surface area contributed by atoms with Gasteiger partial charge in [0.1, 0.15) is 6.33 Å². The molecule has 0 N–H and O–H groups in total. The highest BCUT2D eigenvalue weighted by Crippen LogP contribution is 2.32. The number of carbonyl (C=O) groups is 1. The van der Waals surface area contributed by atoms with Crippen LogP contribution in [-0.4, -0.2) is 27.8 Å². The number of hydrogen-bond acceptors (Lipinski definition) is 4. The number of nitrogens with zero attached hydrogens (tertiary/aromatic N) is 3. The summed E-state index contributed by atoms with van der Waals surface area (Å²) in [6.45, 7) is 2.25. The van der Waals surface area contributed by atoms with Crippen molar-refractivity contribution in [3.05, 3.63) is 12.2 Å². The largest absolute Gasteiger partial charge is 0.463 e. The summed E-state index contributed by atoms with van der Waals surface area (Å²) < 4.78 is 6.41. The van der Waals surface area contributed by atoms with Gasteiger partial charge in [-0.1, -0.05) is 13.3 Å². The molecular weight excluding hydrogens is 218 g/mol. The third-order valence-corrected chi connectivity index (χ3v) is 3.64. The van der Waals surface area contributed by atoms with E-state index in [9.17, 15) is 4.79 Å². The lowest BCUT2D eigenvalue weighted by atomic mass is 9.85. The highest BCUT2D eigenvalue weighted by molar-refractivity contribution is 5.84. The molecule has 0 atom stereocenters. The number of ether oxygens (including phenoxy) is 1. The average Bonchev–Trinajstić information content (AvgIpc) is 2.87. The third kappa shape index (κ3) is 2.65. The molecule has 5 heteroatoms. The van der Waals surface area contributed by atoms with Gasteiger partial charge >= 0.3 is 5.97 Å². The summed E-state index contributed by atoms with van der Waals surface area (Å²) in [6.07, 6.45) is 7.65. The van der Waals surface area contributed by atoms with E-state index in [-0.39, 0.29) is 5.82 Å². The summed E-state index contributed by atoms with van der Waals surface area (Å²) in [6, 6.07) is 0.392. The van der Waals surface area contributed by atoms with Crippen molar-refractivity contribution in [1.82, 2.24) is 14.8 Å². The second kappa shape index (κ2) is 5.29. The Hall–Kier alpha value is -1.39. The van der Waals surface area contributed by atoms with Crippen molar-refractivity contribution in [2.45, 2.75) is 45.1 Å². The van der Waals surface area contributed by atoms with Crippen molar-refractivity contribution in [2.24, 2.45) is 5.92 Å². The van der Waals surface area contributed by atoms with Crippen molar-refractivity contribution >= 4 is 5.97 Å². The Balaban J connectivity index is 1.99. The molecule has 1 saturated carbocycles. The topological polar surface area (TPSA) is 57.0 Å². The van der Waals surface area contributed by atoms with Crippen molar-refractivity contribution < 1.29 is 9.53 Å². The fourth-order valence-electron chi connectivity index (χ4n) is 2.45. The van der Waals surface area contributed by atoms with E-state index in [1.807, 2.05) is 4.68 Å². The van der Waals surface area contributed by atoms with Crippen LogP contribution >= 0.6 is 0 Å². The van der Waals surface area contributed by atoms with E-state index < -0.39 is 5.97 Å². The molecule has 1 aliphatic carbocycles. The Morgan fingerprint density at radius 2 is 2.18 bits per heavy atom. The number of rotatable bonds is 3. The monoisotopic (exact) mass is 237 g/mol. The van der Waals surface area contributed by atoms with Gasteiger partial charge in [-0.15, -0.1) is 5.10 Å². The Kier molecular flexibility index (Phi) is 3.76. The molecule has 0 saturated heterocycles. The fourth-order valence-corrected chi connectivity index (χ4v) is 2.45. The predicted octanol–water partition coefficient (Wildman–Crippen LogP) is 2.21. The normalized spacial score (nSPS) is 24.6. The van der Waals surface area contributed by atoms with Gasteiger partial charge in [0.05, 0.1) is 13.2 Å². The minimum atomic E-state index is -0.467. The molecule has 0 radical (unpaired) electrons. The van der Waals surface area contributed by atoms with E-state index in [0.29, 0.717) is 6.04 Å². The number of carbonyl (C=O) groups excluding carboxylic acids is 1. The van der Waals surface area contributed by atoms with Gasteiger partial charge in [-0.3, -0.25) is 0 Å². The van der Waals surface area contributed by atoms with E-state index >= 15 is 0 Å². The summed E-state index contributed by atoms with van der Waals surface area (Å²) in [5.74, 6) is 0.547. The molecule has 0 aliphatic heterocycles. The van der Waals surface area contributed by atoms with E-state index in [1.54, 1.807) is 6.33 Å².